The fourth-order valence-corrected chi connectivity index (χ4v) is 3.24. The van der Waals surface area contributed by atoms with E-state index in [1.807, 2.05) is 44.2 Å². The summed E-state index contributed by atoms with van der Waals surface area (Å²) in [6.07, 6.45) is 1.61. The van der Waals surface area contributed by atoms with Gasteiger partial charge >= 0.3 is 0 Å². The van der Waals surface area contributed by atoms with Crippen LogP contribution in [0.4, 0.5) is 0 Å². The molecule has 194 valence electrons. The lowest BCUT2D eigenvalue weighted by Gasteiger charge is -2.12. The molecule has 3 aromatic rings. The Morgan fingerprint density at radius 3 is 2.03 bits per heavy atom. The van der Waals surface area contributed by atoms with E-state index in [1.54, 1.807) is 54.6 Å². The summed E-state index contributed by atoms with van der Waals surface area (Å²) >= 11 is 0. The van der Waals surface area contributed by atoms with Crippen LogP contribution >= 0.6 is 0 Å². The van der Waals surface area contributed by atoms with Crippen LogP contribution in [0.5, 0.6) is 17.2 Å². The Bertz CT molecular complexity index is 1160. The first-order valence-electron chi connectivity index (χ1n) is 12.0. The van der Waals surface area contributed by atoms with Gasteiger partial charge in [-0.2, -0.15) is 0 Å². The number of benzene rings is 3. The van der Waals surface area contributed by atoms with Gasteiger partial charge in [0.2, 0.25) is 0 Å². The molecule has 0 saturated carbocycles. The van der Waals surface area contributed by atoms with Crippen LogP contribution in [0, 0.1) is 0 Å². The number of para-hydroxylation sites is 1. The lowest BCUT2D eigenvalue weighted by atomic mass is 10.1. The molecule has 0 atom stereocenters. The summed E-state index contributed by atoms with van der Waals surface area (Å²) < 4.78 is 16.9. The third kappa shape index (κ3) is 9.35. The second kappa shape index (κ2) is 14.3. The standard InChI is InChI=1S/C29H32N2O6/c1-21(2)37-26-12-8-22(9-13-26)20-27(29(34)30-16-17-32)31-28(33)23-10-14-25(15-11-23)36-19-18-35-24-6-4-3-5-7-24/h3-15,20-21,32H,16-19H2,1-2H3,(H,30,34)(H,31,33)/b27-20+. The number of aliphatic hydroxyl groups is 1. The van der Waals surface area contributed by atoms with Gasteiger partial charge in [-0.05, 0) is 74.0 Å². The highest BCUT2D eigenvalue weighted by atomic mass is 16.5. The first-order valence-corrected chi connectivity index (χ1v) is 12.0. The second-order valence-electron chi connectivity index (χ2n) is 8.26. The van der Waals surface area contributed by atoms with Gasteiger partial charge in [-0.3, -0.25) is 9.59 Å². The molecule has 2 amide bonds. The maximum atomic E-state index is 12.9. The first kappa shape index (κ1) is 27.3. The molecule has 8 nitrogen and oxygen atoms in total. The number of hydrogen-bond donors (Lipinski definition) is 3. The topological polar surface area (TPSA) is 106 Å². The van der Waals surface area contributed by atoms with Crippen LogP contribution in [-0.2, 0) is 4.79 Å². The molecule has 3 rings (SSSR count). The molecule has 0 unspecified atom stereocenters. The van der Waals surface area contributed by atoms with Gasteiger partial charge in [-0.25, -0.2) is 0 Å². The monoisotopic (exact) mass is 504 g/mol. The number of carbonyl (C=O) groups excluding carboxylic acids is 2. The molecule has 0 aliphatic carbocycles. The van der Waals surface area contributed by atoms with Crippen molar-refractivity contribution in [1.82, 2.24) is 10.6 Å². The van der Waals surface area contributed by atoms with Crippen molar-refractivity contribution in [2.45, 2.75) is 20.0 Å². The van der Waals surface area contributed by atoms with E-state index >= 15 is 0 Å². The summed E-state index contributed by atoms with van der Waals surface area (Å²) in [4.78, 5) is 25.5. The average Bonchev–Trinajstić information content (AvgIpc) is 2.91. The predicted octanol–water partition coefficient (Wildman–Crippen LogP) is 3.81. The molecule has 0 aromatic heterocycles. The predicted molar refractivity (Wildman–Crippen MR) is 142 cm³/mol. The van der Waals surface area contributed by atoms with Crippen molar-refractivity contribution in [2.24, 2.45) is 0 Å². The number of amides is 2. The smallest absolute Gasteiger partial charge is 0.267 e. The molecule has 0 aliphatic rings. The molecule has 0 spiro atoms. The van der Waals surface area contributed by atoms with Crippen molar-refractivity contribution in [1.29, 1.82) is 0 Å². The van der Waals surface area contributed by atoms with E-state index in [0.717, 1.165) is 5.75 Å². The highest BCUT2D eigenvalue weighted by Crippen LogP contribution is 2.17. The summed E-state index contributed by atoms with van der Waals surface area (Å²) in [5.74, 6) is 1.10. The number of aliphatic hydroxyl groups excluding tert-OH is 1. The fraction of sp³-hybridized carbons (Fsp3) is 0.241. The number of carbonyl (C=O) groups is 2. The van der Waals surface area contributed by atoms with Crippen LogP contribution in [0.25, 0.3) is 6.08 Å². The summed E-state index contributed by atoms with van der Waals surface area (Å²) in [5.41, 5.74) is 1.11. The summed E-state index contributed by atoms with van der Waals surface area (Å²) in [6, 6.07) is 23.2. The Labute approximate surface area is 216 Å². The van der Waals surface area contributed by atoms with E-state index in [9.17, 15) is 9.59 Å². The minimum Gasteiger partial charge on any atom is -0.491 e. The third-order valence-electron chi connectivity index (χ3n) is 4.93. The number of rotatable bonds is 13. The van der Waals surface area contributed by atoms with Gasteiger partial charge in [-0.15, -0.1) is 0 Å². The Morgan fingerprint density at radius 1 is 0.838 bits per heavy atom. The average molecular weight is 505 g/mol. The molecule has 3 aromatic carbocycles. The highest BCUT2D eigenvalue weighted by Gasteiger charge is 2.15. The van der Waals surface area contributed by atoms with E-state index in [4.69, 9.17) is 19.3 Å². The maximum Gasteiger partial charge on any atom is 0.267 e. The Kier molecular flexibility index (Phi) is 10.6. The Balaban J connectivity index is 1.61. The Morgan fingerprint density at radius 2 is 1.43 bits per heavy atom. The fourth-order valence-electron chi connectivity index (χ4n) is 3.24. The molecular weight excluding hydrogens is 472 g/mol. The molecular formula is C29H32N2O6. The zero-order chi connectivity index (χ0) is 26.5. The first-order chi connectivity index (χ1) is 17.9. The van der Waals surface area contributed by atoms with E-state index in [-0.39, 0.29) is 25.0 Å². The van der Waals surface area contributed by atoms with E-state index in [0.29, 0.717) is 35.8 Å². The summed E-state index contributed by atoms with van der Waals surface area (Å²) in [5, 5.41) is 14.3. The van der Waals surface area contributed by atoms with Crippen LogP contribution in [0.1, 0.15) is 29.8 Å². The van der Waals surface area contributed by atoms with Gasteiger partial charge in [0.05, 0.1) is 12.7 Å². The lowest BCUT2D eigenvalue weighted by Crippen LogP contribution is -2.36. The van der Waals surface area contributed by atoms with Gasteiger partial charge in [0, 0.05) is 12.1 Å². The van der Waals surface area contributed by atoms with Crippen molar-refractivity contribution in [3.8, 4) is 17.2 Å². The molecule has 0 aliphatic heterocycles. The highest BCUT2D eigenvalue weighted by molar-refractivity contribution is 6.05. The summed E-state index contributed by atoms with van der Waals surface area (Å²) in [6.45, 7) is 4.45. The molecule has 0 saturated heterocycles. The Hall–Kier alpha value is -4.30. The number of ether oxygens (including phenoxy) is 3. The molecule has 0 radical (unpaired) electrons. The summed E-state index contributed by atoms with van der Waals surface area (Å²) in [7, 11) is 0. The van der Waals surface area contributed by atoms with E-state index < -0.39 is 11.8 Å². The van der Waals surface area contributed by atoms with Gasteiger partial charge in [0.15, 0.2) is 0 Å². The van der Waals surface area contributed by atoms with Gasteiger partial charge in [-0.1, -0.05) is 30.3 Å². The van der Waals surface area contributed by atoms with E-state index in [1.165, 1.54) is 0 Å². The normalized spacial score (nSPS) is 11.1. The zero-order valence-electron chi connectivity index (χ0n) is 21.0. The van der Waals surface area contributed by atoms with E-state index in [2.05, 4.69) is 10.6 Å². The lowest BCUT2D eigenvalue weighted by molar-refractivity contribution is -0.117. The third-order valence-corrected chi connectivity index (χ3v) is 4.93. The minimum atomic E-state index is -0.511. The quantitative estimate of drug-likeness (QED) is 0.241. The molecule has 3 N–H and O–H groups in total. The van der Waals surface area contributed by atoms with Crippen molar-refractivity contribution < 1.29 is 28.9 Å². The van der Waals surface area contributed by atoms with Crippen molar-refractivity contribution in [3.63, 3.8) is 0 Å². The van der Waals surface area contributed by atoms with Crippen LogP contribution < -0.4 is 24.8 Å². The van der Waals surface area contributed by atoms with Gasteiger partial charge in [0.25, 0.3) is 11.8 Å². The molecule has 0 heterocycles. The SMILES string of the molecule is CC(C)Oc1ccc(/C=C(/NC(=O)c2ccc(OCCOc3ccccc3)cc2)C(=O)NCCO)cc1. The van der Waals surface area contributed by atoms with Gasteiger partial charge < -0.3 is 30.0 Å². The van der Waals surface area contributed by atoms with Crippen LogP contribution in [-0.4, -0.2) is 49.4 Å². The van der Waals surface area contributed by atoms with Crippen LogP contribution in [0.15, 0.2) is 84.6 Å². The second-order valence-corrected chi connectivity index (χ2v) is 8.26. The number of hydrogen-bond acceptors (Lipinski definition) is 6. The number of nitrogens with one attached hydrogen (secondary N) is 2. The molecule has 0 fully saturated rings. The molecule has 8 heteroatoms. The van der Waals surface area contributed by atoms with Crippen molar-refractivity contribution in [3.05, 3.63) is 95.7 Å². The maximum absolute atomic E-state index is 12.9. The molecule has 37 heavy (non-hydrogen) atoms. The minimum absolute atomic E-state index is 0.0416. The van der Waals surface area contributed by atoms with Crippen molar-refractivity contribution in [2.75, 3.05) is 26.4 Å². The van der Waals surface area contributed by atoms with Crippen LogP contribution in [0.2, 0.25) is 0 Å². The van der Waals surface area contributed by atoms with Crippen molar-refractivity contribution >= 4 is 17.9 Å². The molecule has 0 bridgehead atoms. The largest absolute Gasteiger partial charge is 0.491 e. The zero-order valence-corrected chi connectivity index (χ0v) is 21.0. The van der Waals surface area contributed by atoms with Gasteiger partial charge in [0.1, 0.15) is 36.2 Å². The van der Waals surface area contributed by atoms with Crippen LogP contribution in [0.3, 0.4) is 0 Å².